The van der Waals surface area contributed by atoms with Gasteiger partial charge in [0.15, 0.2) is 0 Å². The van der Waals surface area contributed by atoms with Crippen LogP contribution in [0.5, 0.6) is 11.5 Å². The third-order valence-corrected chi connectivity index (χ3v) is 4.99. The number of carbonyl (C=O) groups excluding carboxylic acids is 1. The molecule has 0 aromatic heterocycles. The number of nitrogens with one attached hydrogen (secondary N) is 1. The Labute approximate surface area is 194 Å². The van der Waals surface area contributed by atoms with Crippen molar-refractivity contribution in [3.05, 3.63) is 95.6 Å². The molecule has 3 aromatic rings. The fourth-order valence-corrected chi connectivity index (χ4v) is 3.20. The summed E-state index contributed by atoms with van der Waals surface area (Å²) < 4.78 is 15.8. The number of hydrogen-bond donors (Lipinski definition) is 2. The second-order valence-corrected chi connectivity index (χ2v) is 7.43. The van der Waals surface area contributed by atoms with Crippen molar-refractivity contribution in [3.63, 3.8) is 0 Å². The molecule has 0 radical (unpaired) electrons. The van der Waals surface area contributed by atoms with Crippen LogP contribution in [0.4, 0.5) is 0 Å². The molecule has 0 saturated heterocycles. The molecule has 0 spiro atoms. The van der Waals surface area contributed by atoms with Gasteiger partial charge in [0, 0.05) is 13.1 Å². The lowest BCUT2D eigenvalue weighted by molar-refractivity contribution is -0.133. The maximum absolute atomic E-state index is 12.3. The Morgan fingerprint density at radius 3 is 2.24 bits per heavy atom. The van der Waals surface area contributed by atoms with E-state index in [2.05, 4.69) is 5.32 Å². The first-order valence-corrected chi connectivity index (χ1v) is 10.7. The van der Waals surface area contributed by atoms with Crippen molar-refractivity contribution in [2.75, 3.05) is 27.4 Å². The highest BCUT2D eigenvalue weighted by Gasteiger charge is 2.13. The second-order valence-electron chi connectivity index (χ2n) is 7.43. The third kappa shape index (κ3) is 7.49. The van der Waals surface area contributed by atoms with Crippen LogP contribution in [0, 0.1) is 0 Å². The Morgan fingerprint density at radius 1 is 0.939 bits per heavy atom. The predicted octanol–water partition coefficient (Wildman–Crippen LogP) is 3.94. The monoisotopic (exact) mass is 447 g/mol. The summed E-state index contributed by atoms with van der Waals surface area (Å²) in [6.07, 6.45) is 1.13. The van der Waals surface area contributed by atoms with Crippen LogP contribution in [0.15, 0.2) is 78.9 Å². The molecule has 2 N–H and O–H groups in total. The summed E-state index contributed by atoms with van der Waals surface area (Å²) in [5.74, 6) is 0.923. The van der Waals surface area contributed by atoms with Gasteiger partial charge in [0.1, 0.15) is 24.2 Å². The largest absolute Gasteiger partial charge is 0.497 e. The third-order valence-electron chi connectivity index (χ3n) is 4.99. The minimum Gasteiger partial charge on any atom is -0.497 e. The van der Waals surface area contributed by atoms with E-state index in [1.807, 2.05) is 54.6 Å². The number of ether oxygens (including phenoxy) is 3. The zero-order valence-electron chi connectivity index (χ0n) is 18.9. The summed E-state index contributed by atoms with van der Waals surface area (Å²) in [4.78, 5) is 12.3. The van der Waals surface area contributed by atoms with Crippen molar-refractivity contribution < 1.29 is 24.1 Å². The Balaban J connectivity index is 1.56. The van der Waals surface area contributed by atoms with Crippen LogP contribution < -0.4 is 14.8 Å². The van der Waals surface area contributed by atoms with Crippen molar-refractivity contribution in [3.8, 4) is 11.5 Å². The van der Waals surface area contributed by atoms with Crippen molar-refractivity contribution in [2.45, 2.75) is 12.6 Å². The standard InChI is InChI=1S/C27H29NO5/c1-31-24-14-10-22(11-15-24)26(27(30)32-2)16-20-8-12-25(13-9-20)33-19-23(29)18-28-17-21-6-4-3-5-7-21/h3-16,23,28-29H,17-19H2,1-2H3/b26-16+. The van der Waals surface area contributed by atoms with Crippen molar-refractivity contribution in [2.24, 2.45) is 0 Å². The van der Waals surface area contributed by atoms with E-state index in [-0.39, 0.29) is 6.61 Å². The minimum atomic E-state index is -0.630. The molecule has 3 aromatic carbocycles. The Morgan fingerprint density at radius 2 is 1.61 bits per heavy atom. The molecule has 0 fully saturated rings. The maximum atomic E-state index is 12.3. The van der Waals surface area contributed by atoms with Crippen LogP contribution in [-0.2, 0) is 16.1 Å². The van der Waals surface area contributed by atoms with Crippen molar-refractivity contribution in [1.82, 2.24) is 5.32 Å². The Bertz CT molecular complexity index is 1030. The number of esters is 1. The number of methoxy groups -OCH3 is 2. The molecule has 6 heteroatoms. The zero-order chi connectivity index (χ0) is 23.5. The lowest BCUT2D eigenvalue weighted by atomic mass is 10.0. The molecule has 0 aliphatic heterocycles. The molecule has 172 valence electrons. The maximum Gasteiger partial charge on any atom is 0.338 e. The Kier molecular flexibility index (Phi) is 9.06. The Hall–Kier alpha value is -3.61. The molecule has 0 heterocycles. The summed E-state index contributed by atoms with van der Waals surface area (Å²) >= 11 is 0. The quantitative estimate of drug-likeness (QED) is 0.263. The number of hydrogen-bond acceptors (Lipinski definition) is 6. The van der Waals surface area contributed by atoms with Crippen molar-refractivity contribution in [1.29, 1.82) is 0 Å². The summed E-state index contributed by atoms with van der Waals surface area (Å²) in [6.45, 7) is 1.30. The fraction of sp³-hybridized carbons (Fsp3) is 0.222. The van der Waals surface area contributed by atoms with E-state index in [1.54, 1.807) is 37.5 Å². The molecule has 0 saturated carbocycles. The van der Waals surface area contributed by atoms with Gasteiger partial charge in [0.25, 0.3) is 0 Å². The van der Waals surface area contributed by atoms with Crippen LogP contribution in [-0.4, -0.2) is 44.6 Å². The topological polar surface area (TPSA) is 77.0 Å². The highest BCUT2D eigenvalue weighted by molar-refractivity contribution is 6.21. The molecular weight excluding hydrogens is 418 g/mol. The van der Waals surface area contributed by atoms with Gasteiger partial charge in [-0.15, -0.1) is 0 Å². The van der Waals surface area contributed by atoms with Gasteiger partial charge in [-0.3, -0.25) is 0 Å². The first-order chi connectivity index (χ1) is 16.1. The first kappa shape index (κ1) is 24.0. The van der Waals surface area contributed by atoms with Gasteiger partial charge in [-0.2, -0.15) is 0 Å². The van der Waals surface area contributed by atoms with Crippen LogP contribution in [0.1, 0.15) is 16.7 Å². The summed E-state index contributed by atoms with van der Waals surface area (Å²) in [5, 5.41) is 13.4. The smallest absolute Gasteiger partial charge is 0.338 e. The van der Waals surface area contributed by atoms with Crippen LogP contribution in [0.2, 0.25) is 0 Å². The summed E-state index contributed by atoms with van der Waals surface area (Å²) in [7, 11) is 2.95. The average molecular weight is 448 g/mol. The normalized spacial score (nSPS) is 12.2. The average Bonchev–Trinajstić information content (AvgIpc) is 2.87. The number of aliphatic hydroxyl groups is 1. The first-order valence-electron chi connectivity index (χ1n) is 10.7. The van der Waals surface area contributed by atoms with E-state index in [0.717, 1.165) is 16.7 Å². The molecule has 0 aliphatic carbocycles. The van der Waals surface area contributed by atoms with E-state index < -0.39 is 12.1 Å². The zero-order valence-corrected chi connectivity index (χ0v) is 18.9. The van der Waals surface area contributed by atoms with Gasteiger partial charge in [0.2, 0.25) is 0 Å². The fourth-order valence-electron chi connectivity index (χ4n) is 3.20. The SMILES string of the molecule is COC(=O)/C(=C/c1ccc(OCC(O)CNCc2ccccc2)cc1)c1ccc(OC)cc1. The van der Waals surface area contributed by atoms with Gasteiger partial charge in [0.05, 0.1) is 19.8 Å². The molecule has 0 aliphatic rings. The van der Waals surface area contributed by atoms with Crippen LogP contribution in [0.25, 0.3) is 11.6 Å². The molecule has 6 nitrogen and oxygen atoms in total. The van der Waals surface area contributed by atoms with Crippen LogP contribution in [0.3, 0.4) is 0 Å². The predicted molar refractivity (Wildman–Crippen MR) is 129 cm³/mol. The lowest BCUT2D eigenvalue weighted by Gasteiger charge is -2.13. The summed E-state index contributed by atoms with van der Waals surface area (Å²) in [6, 6.07) is 24.5. The van der Waals surface area contributed by atoms with Gasteiger partial charge in [-0.05, 0) is 47.0 Å². The van der Waals surface area contributed by atoms with Gasteiger partial charge < -0.3 is 24.6 Å². The molecule has 33 heavy (non-hydrogen) atoms. The van der Waals surface area contributed by atoms with Gasteiger partial charge >= 0.3 is 5.97 Å². The minimum absolute atomic E-state index is 0.177. The van der Waals surface area contributed by atoms with Gasteiger partial charge in [-0.25, -0.2) is 4.79 Å². The number of carbonyl (C=O) groups is 1. The molecule has 0 amide bonds. The highest BCUT2D eigenvalue weighted by atomic mass is 16.5. The molecule has 1 unspecified atom stereocenters. The van der Waals surface area contributed by atoms with E-state index >= 15 is 0 Å². The molecular formula is C27H29NO5. The second kappa shape index (κ2) is 12.4. The van der Waals surface area contributed by atoms with E-state index in [0.29, 0.717) is 30.2 Å². The van der Waals surface area contributed by atoms with Crippen LogP contribution >= 0.6 is 0 Å². The molecule has 0 bridgehead atoms. The lowest BCUT2D eigenvalue weighted by Crippen LogP contribution is -2.31. The van der Waals surface area contributed by atoms with Crippen molar-refractivity contribution >= 4 is 17.6 Å². The van der Waals surface area contributed by atoms with E-state index in [4.69, 9.17) is 14.2 Å². The van der Waals surface area contributed by atoms with E-state index in [1.165, 1.54) is 7.11 Å². The number of rotatable bonds is 11. The molecule has 3 rings (SSSR count). The van der Waals surface area contributed by atoms with Gasteiger partial charge in [-0.1, -0.05) is 54.6 Å². The highest BCUT2D eigenvalue weighted by Crippen LogP contribution is 2.23. The number of aliphatic hydroxyl groups excluding tert-OH is 1. The number of benzene rings is 3. The molecule has 1 atom stereocenters. The summed E-state index contributed by atoms with van der Waals surface area (Å²) in [5.41, 5.74) is 3.15. The van der Waals surface area contributed by atoms with E-state index in [9.17, 15) is 9.90 Å².